The lowest BCUT2D eigenvalue weighted by atomic mass is 9.82. The van der Waals surface area contributed by atoms with Crippen molar-refractivity contribution in [2.75, 3.05) is 19.7 Å². The number of nitrogens with zero attached hydrogens (tertiary/aromatic N) is 1. The van der Waals surface area contributed by atoms with Crippen molar-refractivity contribution in [1.29, 1.82) is 0 Å². The summed E-state index contributed by atoms with van der Waals surface area (Å²) in [4.78, 5) is 27.3. The number of aryl methyl sites for hydroxylation is 2. The highest BCUT2D eigenvalue weighted by Gasteiger charge is 2.43. The van der Waals surface area contributed by atoms with Gasteiger partial charge in [-0.1, -0.05) is 37.6 Å². The van der Waals surface area contributed by atoms with Gasteiger partial charge in [-0.05, 0) is 49.1 Å². The van der Waals surface area contributed by atoms with Crippen molar-refractivity contribution in [3.05, 3.63) is 58.7 Å². The second-order valence-corrected chi connectivity index (χ2v) is 9.25. The summed E-state index contributed by atoms with van der Waals surface area (Å²) in [6, 6.07) is 11.9. The molecule has 0 saturated carbocycles. The molecule has 31 heavy (non-hydrogen) atoms. The number of Topliss-reactive ketones (excluding diaryl/α,β-unsaturated/α-hetero) is 1. The van der Waals surface area contributed by atoms with E-state index in [-0.39, 0.29) is 18.3 Å². The Morgan fingerprint density at radius 3 is 2.48 bits per heavy atom. The van der Waals surface area contributed by atoms with Gasteiger partial charge in [0.2, 0.25) is 0 Å². The average Bonchev–Trinajstić information content (AvgIpc) is 2.73. The minimum atomic E-state index is -0.502. The summed E-state index contributed by atoms with van der Waals surface area (Å²) in [7, 11) is 0. The van der Waals surface area contributed by atoms with Crippen LogP contribution in [0, 0.1) is 13.8 Å². The van der Waals surface area contributed by atoms with E-state index in [0.717, 1.165) is 22.4 Å². The maximum atomic E-state index is 12.8. The van der Waals surface area contributed by atoms with Crippen LogP contribution in [-0.2, 0) is 4.79 Å². The summed E-state index contributed by atoms with van der Waals surface area (Å²) < 4.78 is 12.2. The van der Waals surface area contributed by atoms with Crippen LogP contribution in [0.15, 0.2) is 36.4 Å². The largest absolute Gasteiger partial charge is 0.486 e. The van der Waals surface area contributed by atoms with Crippen LogP contribution < -0.4 is 9.47 Å². The van der Waals surface area contributed by atoms with E-state index in [1.54, 1.807) is 0 Å². The van der Waals surface area contributed by atoms with E-state index in [4.69, 9.17) is 9.47 Å². The van der Waals surface area contributed by atoms with E-state index >= 15 is 0 Å². The van der Waals surface area contributed by atoms with Crippen LogP contribution in [0.4, 0.5) is 0 Å². The van der Waals surface area contributed by atoms with E-state index < -0.39 is 5.60 Å². The number of carbonyl (C=O) groups excluding carboxylic acids is 2. The Hall–Kier alpha value is -2.82. The highest BCUT2D eigenvalue weighted by atomic mass is 16.5. The highest BCUT2D eigenvalue weighted by Crippen LogP contribution is 2.39. The summed E-state index contributed by atoms with van der Waals surface area (Å²) in [6.45, 7) is 9.41. The fourth-order valence-corrected chi connectivity index (χ4v) is 4.52. The van der Waals surface area contributed by atoms with Gasteiger partial charge in [0.15, 0.2) is 12.4 Å². The normalized spacial score (nSPS) is 17.5. The number of carbonyl (C=O) groups is 2. The Morgan fingerprint density at radius 1 is 1.10 bits per heavy atom. The molecule has 0 unspecified atom stereocenters. The molecule has 1 saturated heterocycles. The summed E-state index contributed by atoms with van der Waals surface area (Å²) >= 11 is 0. The summed E-state index contributed by atoms with van der Waals surface area (Å²) in [5, 5.41) is 0. The standard InChI is InChI=1S/C26H31NO4/c1-17(2)20-7-5-19(4)14-24(20)30-16-25(29)27-11-9-26(10-12-27)15-22(28)21-13-18(3)6-8-23(21)31-26/h5-8,13-14,17H,9-12,15-16H2,1-4H3. The van der Waals surface area contributed by atoms with Crippen molar-refractivity contribution in [1.82, 2.24) is 4.90 Å². The van der Waals surface area contributed by atoms with Gasteiger partial charge in [-0.25, -0.2) is 0 Å². The number of hydrogen-bond acceptors (Lipinski definition) is 4. The topological polar surface area (TPSA) is 55.8 Å². The smallest absolute Gasteiger partial charge is 0.260 e. The molecule has 4 rings (SSSR count). The molecule has 1 fully saturated rings. The number of hydrogen-bond donors (Lipinski definition) is 0. The van der Waals surface area contributed by atoms with Crippen LogP contribution in [0.25, 0.3) is 0 Å². The second kappa shape index (κ2) is 8.37. The van der Waals surface area contributed by atoms with E-state index in [1.165, 1.54) is 0 Å². The third kappa shape index (κ3) is 4.46. The summed E-state index contributed by atoms with van der Waals surface area (Å²) in [5.41, 5.74) is 3.46. The van der Waals surface area contributed by atoms with E-state index in [0.29, 0.717) is 49.6 Å². The Bertz CT molecular complexity index is 1000. The van der Waals surface area contributed by atoms with Gasteiger partial charge >= 0.3 is 0 Å². The fraction of sp³-hybridized carbons (Fsp3) is 0.462. The number of likely N-dealkylation sites (tertiary alicyclic amines) is 1. The number of piperidine rings is 1. The first kappa shape index (κ1) is 21.4. The lowest BCUT2D eigenvalue weighted by molar-refractivity contribution is -0.136. The van der Waals surface area contributed by atoms with Gasteiger partial charge in [-0.3, -0.25) is 9.59 Å². The predicted molar refractivity (Wildman–Crippen MR) is 120 cm³/mol. The minimum absolute atomic E-state index is 0.0239. The first-order chi connectivity index (χ1) is 14.8. The van der Waals surface area contributed by atoms with Crippen LogP contribution >= 0.6 is 0 Å². The van der Waals surface area contributed by atoms with Crippen molar-refractivity contribution >= 4 is 11.7 Å². The van der Waals surface area contributed by atoms with E-state index in [1.807, 2.05) is 43.0 Å². The van der Waals surface area contributed by atoms with Crippen LogP contribution in [-0.4, -0.2) is 41.9 Å². The predicted octanol–water partition coefficient (Wildman–Crippen LogP) is 4.83. The number of ketones is 1. The van der Waals surface area contributed by atoms with Gasteiger partial charge in [0.25, 0.3) is 5.91 Å². The minimum Gasteiger partial charge on any atom is -0.486 e. The zero-order chi connectivity index (χ0) is 22.2. The van der Waals surface area contributed by atoms with Crippen molar-refractivity contribution in [2.45, 2.75) is 58.5 Å². The zero-order valence-electron chi connectivity index (χ0n) is 18.9. The lowest BCUT2D eigenvalue weighted by Crippen LogP contribution is -2.53. The molecule has 0 N–H and O–H groups in total. The van der Waals surface area contributed by atoms with Gasteiger partial charge in [0.05, 0.1) is 12.0 Å². The van der Waals surface area contributed by atoms with Gasteiger partial charge in [0, 0.05) is 25.9 Å². The molecule has 2 aliphatic heterocycles. The molecule has 0 atom stereocenters. The molecule has 5 nitrogen and oxygen atoms in total. The van der Waals surface area contributed by atoms with Crippen molar-refractivity contribution < 1.29 is 19.1 Å². The van der Waals surface area contributed by atoms with Gasteiger partial charge in [-0.15, -0.1) is 0 Å². The quantitative estimate of drug-likeness (QED) is 0.709. The molecule has 2 aromatic rings. The first-order valence-corrected chi connectivity index (χ1v) is 11.1. The zero-order valence-corrected chi connectivity index (χ0v) is 18.9. The fourth-order valence-electron chi connectivity index (χ4n) is 4.52. The number of amides is 1. The van der Waals surface area contributed by atoms with Gasteiger partial charge in [-0.2, -0.15) is 0 Å². The molecule has 0 aromatic heterocycles. The molecule has 1 amide bonds. The lowest BCUT2D eigenvalue weighted by Gasteiger charge is -2.44. The average molecular weight is 422 g/mol. The third-order valence-electron chi connectivity index (χ3n) is 6.41. The second-order valence-electron chi connectivity index (χ2n) is 9.25. The highest BCUT2D eigenvalue weighted by molar-refractivity contribution is 6.00. The number of fused-ring (bicyclic) bond motifs is 1. The van der Waals surface area contributed by atoms with Crippen molar-refractivity contribution in [3.63, 3.8) is 0 Å². The van der Waals surface area contributed by atoms with Crippen molar-refractivity contribution in [3.8, 4) is 11.5 Å². The molecule has 1 spiro atoms. The maximum absolute atomic E-state index is 12.8. The van der Waals surface area contributed by atoms with Crippen LogP contribution in [0.1, 0.15) is 66.1 Å². The van der Waals surface area contributed by atoms with Crippen LogP contribution in [0.5, 0.6) is 11.5 Å². The number of benzene rings is 2. The first-order valence-electron chi connectivity index (χ1n) is 11.1. The Kier molecular flexibility index (Phi) is 5.78. The molecule has 2 aromatic carbocycles. The molecule has 164 valence electrons. The summed E-state index contributed by atoms with van der Waals surface area (Å²) in [6.07, 6.45) is 1.68. The Balaban J connectivity index is 1.37. The molecule has 0 radical (unpaired) electrons. The van der Waals surface area contributed by atoms with E-state index in [9.17, 15) is 9.59 Å². The SMILES string of the molecule is Cc1ccc(C(C)C)c(OCC(=O)N2CCC3(CC2)CC(=O)c2cc(C)ccc2O3)c1. The molecule has 5 heteroatoms. The number of ether oxygens (including phenoxy) is 2. The molecular weight excluding hydrogens is 390 g/mol. The van der Waals surface area contributed by atoms with E-state index in [2.05, 4.69) is 26.0 Å². The monoisotopic (exact) mass is 421 g/mol. The van der Waals surface area contributed by atoms with Gasteiger partial charge < -0.3 is 14.4 Å². The Morgan fingerprint density at radius 2 is 1.77 bits per heavy atom. The molecule has 2 heterocycles. The van der Waals surface area contributed by atoms with Gasteiger partial charge in [0.1, 0.15) is 17.1 Å². The Labute approximate surface area is 184 Å². The molecule has 0 aliphatic carbocycles. The number of rotatable bonds is 4. The molecule has 0 bridgehead atoms. The maximum Gasteiger partial charge on any atom is 0.260 e. The van der Waals surface area contributed by atoms with Crippen LogP contribution in [0.2, 0.25) is 0 Å². The summed E-state index contributed by atoms with van der Waals surface area (Å²) in [5.74, 6) is 1.89. The third-order valence-corrected chi connectivity index (χ3v) is 6.41. The molecular formula is C26H31NO4. The van der Waals surface area contributed by atoms with Crippen molar-refractivity contribution in [2.24, 2.45) is 0 Å². The van der Waals surface area contributed by atoms with Crippen LogP contribution in [0.3, 0.4) is 0 Å². The molecule has 2 aliphatic rings.